The van der Waals surface area contributed by atoms with Crippen LogP contribution in [-0.2, 0) is 17.4 Å². The van der Waals surface area contributed by atoms with Gasteiger partial charge in [-0.2, -0.15) is 13.2 Å². The van der Waals surface area contributed by atoms with Gasteiger partial charge in [-0.1, -0.05) is 10.3 Å². The van der Waals surface area contributed by atoms with E-state index >= 15 is 0 Å². The normalized spacial score (nSPS) is 17.7. The SMILES string of the molecule is Cc1noc(C)c1CC(=O)N1CCC[C@@H](c2cc(C(F)(F)F)c3c(C)noc3n2)C1. The van der Waals surface area contributed by atoms with Crippen LogP contribution in [-0.4, -0.2) is 39.2 Å². The highest BCUT2D eigenvalue weighted by molar-refractivity contribution is 5.81. The van der Waals surface area contributed by atoms with E-state index in [1.807, 2.05) is 0 Å². The zero-order chi connectivity index (χ0) is 21.6. The fourth-order valence-electron chi connectivity index (χ4n) is 4.01. The van der Waals surface area contributed by atoms with Crippen molar-refractivity contribution in [3.8, 4) is 0 Å². The minimum Gasteiger partial charge on any atom is -0.361 e. The van der Waals surface area contributed by atoms with Crippen LogP contribution in [0.25, 0.3) is 11.1 Å². The number of halogens is 3. The number of pyridine rings is 1. The molecule has 0 unspecified atom stereocenters. The molecule has 0 aromatic carbocycles. The molecule has 3 aromatic rings. The van der Waals surface area contributed by atoms with Gasteiger partial charge in [-0.3, -0.25) is 4.79 Å². The molecule has 0 saturated carbocycles. The molecule has 4 rings (SSSR count). The third-order valence-electron chi connectivity index (χ3n) is 5.64. The number of hydrogen-bond acceptors (Lipinski definition) is 6. The number of amides is 1. The summed E-state index contributed by atoms with van der Waals surface area (Å²) in [6.45, 7) is 5.83. The van der Waals surface area contributed by atoms with Crippen LogP contribution < -0.4 is 0 Å². The number of aromatic nitrogens is 3. The van der Waals surface area contributed by atoms with Crippen LogP contribution in [0.1, 0.15) is 52.7 Å². The third-order valence-corrected chi connectivity index (χ3v) is 5.64. The van der Waals surface area contributed by atoms with Crippen molar-refractivity contribution in [3.63, 3.8) is 0 Å². The van der Waals surface area contributed by atoms with E-state index in [1.165, 1.54) is 6.92 Å². The first-order valence-corrected chi connectivity index (χ1v) is 9.68. The number of rotatable bonds is 3. The Hall–Kier alpha value is -2.91. The fraction of sp³-hybridized carbons (Fsp3) is 0.500. The number of nitrogens with zero attached hydrogens (tertiary/aromatic N) is 4. The Morgan fingerprint density at radius 1 is 1.20 bits per heavy atom. The monoisotopic (exact) mass is 422 g/mol. The van der Waals surface area contributed by atoms with Gasteiger partial charge in [0, 0.05) is 24.6 Å². The van der Waals surface area contributed by atoms with Crippen molar-refractivity contribution < 1.29 is 27.0 Å². The molecule has 1 saturated heterocycles. The van der Waals surface area contributed by atoms with Crippen LogP contribution in [0.2, 0.25) is 0 Å². The number of carbonyl (C=O) groups excluding carboxylic acids is 1. The van der Waals surface area contributed by atoms with E-state index in [0.29, 0.717) is 37.4 Å². The first-order chi connectivity index (χ1) is 14.1. The zero-order valence-electron chi connectivity index (χ0n) is 16.8. The average molecular weight is 422 g/mol. The van der Waals surface area contributed by atoms with Gasteiger partial charge >= 0.3 is 6.18 Å². The van der Waals surface area contributed by atoms with E-state index in [9.17, 15) is 18.0 Å². The maximum Gasteiger partial charge on any atom is 0.417 e. The van der Waals surface area contributed by atoms with Gasteiger partial charge in [0.15, 0.2) is 0 Å². The Bertz CT molecular complexity index is 1080. The smallest absolute Gasteiger partial charge is 0.361 e. The summed E-state index contributed by atoms with van der Waals surface area (Å²) < 4.78 is 51.1. The van der Waals surface area contributed by atoms with Gasteiger partial charge in [-0.05, 0) is 39.7 Å². The number of likely N-dealkylation sites (tertiary alicyclic amines) is 1. The van der Waals surface area contributed by atoms with Crippen LogP contribution in [0.3, 0.4) is 0 Å². The lowest BCUT2D eigenvalue weighted by atomic mass is 9.92. The molecule has 3 aromatic heterocycles. The van der Waals surface area contributed by atoms with Crippen molar-refractivity contribution in [2.45, 2.75) is 52.1 Å². The summed E-state index contributed by atoms with van der Waals surface area (Å²) in [5.41, 5.74) is 0.893. The van der Waals surface area contributed by atoms with E-state index in [2.05, 4.69) is 15.3 Å². The van der Waals surface area contributed by atoms with E-state index < -0.39 is 11.7 Å². The van der Waals surface area contributed by atoms with Crippen LogP contribution in [0, 0.1) is 20.8 Å². The summed E-state index contributed by atoms with van der Waals surface area (Å²) in [5.74, 6) is 0.169. The lowest BCUT2D eigenvalue weighted by Gasteiger charge is -2.32. The van der Waals surface area contributed by atoms with E-state index in [0.717, 1.165) is 11.6 Å². The number of fused-ring (bicyclic) bond motifs is 1. The molecule has 0 aliphatic carbocycles. The number of alkyl halides is 3. The molecule has 4 heterocycles. The Morgan fingerprint density at radius 2 is 1.93 bits per heavy atom. The summed E-state index contributed by atoms with van der Waals surface area (Å²) in [7, 11) is 0. The van der Waals surface area contributed by atoms with Crippen molar-refractivity contribution in [2.75, 3.05) is 13.1 Å². The molecule has 1 fully saturated rings. The highest BCUT2D eigenvalue weighted by atomic mass is 19.4. The highest BCUT2D eigenvalue weighted by Gasteiger charge is 2.37. The molecule has 7 nitrogen and oxygen atoms in total. The summed E-state index contributed by atoms with van der Waals surface area (Å²) in [6, 6.07) is 1.07. The molecule has 1 aliphatic heterocycles. The molecule has 30 heavy (non-hydrogen) atoms. The average Bonchev–Trinajstić information content (AvgIpc) is 3.23. The molecule has 0 spiro atoms. The minimum absolute atomic E-state index is 0.110. The molecule has 160 valence electrons. The standard InChI is InChI=1S/C20H21F3N4O3/c1-10-14(12(3)29-25-10)7-17(28)27-6-4-5-13(9-27)16-8-15(20(21,22)23)18-11(2)26-30-19(18)24-16/h8,13H,4-7,9H2,1-3H3/t13-/m1/s1. The first-order valence-electron chi connectivity index (χ1n) is 9.68. The van der Waals surface area contributed by atoms with Crippen molar-refractivity contribution in [1.29, 1.82) is 0 Å². The van der Waals surface area contributed by atoms with E-state index in [-0.39, 0.29) is 40.7 Å². The van der Waals surface area contributed by atoms with Gasteiger partial charge in [0.25, 0.3) is 5.71 Å². The van der Waals surface area contributed by atoms with E-state index in [1.54, 1.807) is 18.7 Å². The van der Waals surface area contributed by atoms with Crippen molar-refractivity contribution in [1.82, 2.24) is 20.2 Å². The van der Waals surface area contributed by atoms with Crippen molar-refractivity contribution in [2.24, 2.45) is 0 Å². The quantitative estimate of drug-likeness (QED) is 0.632. The summed E-state index contributed by atoms with van der Waals surface area (Å²) >= 11 is 0. The maximum absolute atomic E-state index is 13.6. The van der Waals surface area contributed by atoms with Crippen LogP contribution >= 0.6 is 0 Å². The van der Waals surface area contributed by atoms with E-state index in [4.69, 9.17) is 9.05 Å². The van der Waals surface area contributed by atoms with Gasteiger partial charge in [0.05, 0.1) is 34.5 Å². The van der Waals surface area contributed by atoms with Crippen molar-refractivity contribution in [3.05, 3.63) is 40.0 Å². The van der Waals surface area contributed by atoms with Gasteiger partial charge in [0.2, 0.25) is 5.91 Å². The fourth-order valence-corrected chi connectivity index (χ4v) is 4.01. The van der Waals surface area contributed by atoms with Gasteiger partial charge in [-0.25, -0.2) is 4.98 Å². The molecule has 0 radical (unpaired) electrons. The molecular formula is C20H21F3N4O3. The number of hydrogen-bond donors (Lipinski definition) is 0. The molecule has 0 N–H and O–H groups in total. The number of carbonyl (C=O) groups is 1. The second kappa shape index (κ2) is 7.41. The maximum atomic E-state index is 13.6. The molecule has 1 atom stereocenters. The first kappa shape index (κ1) is 20.4. The van der Waals surface area contributed by atoms with Crippen LogP contribution in [0.5, 0.6) is 0 Å². The highest BCUT2D eigenvalue weighted by Crippen LogP contribution is 2.38. The Labute approximate surface area is 170 Å². The molecule has 10 heteroatoms. The molecule has 1 aliphatic rings. The Kier molecular flexibility index (Phi) is 5.03. The van der Waals surface area contributed by atoms with Gasteiger partial charge in [0.1, 0.15) is 5.76 Å². The van der Waals surface area contributed by atoms with Gasteiger partial charge < -0.3 is 13.9 Å². The largest absolute Gasteiger partial charge is 0.417 e. The molecule has 1 amide bonds. The Morgan fingerprint density at radius 3 is 2.60 bits per heavy atom. The van der Waals surface area contributed by atoms with Crippen LogP contribution in [0.4, 0.5) is 13.2 Å². The lowest BCUT2D eigenvalue weighted by Crippen LogP contribution is -2.40. The topological polar surface area (TPSA) is 85.3 Å². The summed E-state index contributed by atoms with van der Waals surface area (Å²) in [4.78, 5) is 18.8. The van der Waals surface area contributed by atoms with Gasteiger partial charge in [-0.15, -0.1) is 0 Å². The number of aryl methyl sites for hydroxylation is 3. The third kappa shape index (κ3) is 3.66. The summed E-state index contributed by atoms with van der Waals surface area (Å²) in [5, 5.41) is 7.39. The zero-order valence-corrected chi connectivity index (χ0v) is 16.8. The Balaban J connectivity index is 1.60. The summed E-state index contributed by atoms with van der Waals surface area (Å²) in [6.07, 6.45) is -3.10. The molecule has 0 bridgehead atoms. The second-order valence-corrected chi connectivity index (χ2v) is 7.70. The lowest BCUT2D eigenvalue weighted by molar-refractivity contribution is -0.136. The van der Waals surface area contributed by atoms with Crippen molar-refractivity contribution >= 4 is 17.0 Å². The van der Waals surface area contributed by atoms with Crippen LogP contribution in [0.15, 0.2) is 15.1 Å². The predicted molar refractivity (Wildman–Crippen MR) is 99.8 cm³/mol. The predicted octanol–water partition coefficient (Wildman–Crippen LogP) is 4.10. The molecular weight excluding hydrogens is 401 g/mol. The second-order valence-electron chi connectivity index (χ2n) is 7.70. The number of piperidine rings is 1. The minimum atomic E-state index is -4.56.